The summed E-state index contributed by atoms with van der Waals surface area (Å²) in [5, 5.41) is 7.21. The van der Waals surface area contributed by atoms with Crippen molar-refractivity contribution < 1.29 is 0 Å². The Labute approximate surface area is 102 Å². The van der Waals surface area contributed by atoms with E-state index in [0.717, 1.165) is 18.7 Å². The zero-order chi connectivity index (χ0) is 12.3. The van der Waals surface area contributed by atoms with Crippen molar-refractivity contribution in [3.63, 3.8) is 0 Å². The molecule has 1 aromatic heterocycles. The van der Waals surface area contributed by atoms with Gasteiger partial charge in [0.05, 0.1) is 0 Å². The zero-order valence-electron chi connectivity index (χ0n) is 10.6. The maximum Gasteiger partial charge on any atom is 0.242 e. The lowest BCUT2D eigenvalue weighted by molar-refractivity contribution is 0.693. The van der Waals surface area contributed by atoms with Gasteiger partial charge in [-0.15, -0.1) is 5.10 Å². The molecule has 0 saturated heterocycles. The molecular formula is C13H18N4. The Morgan fingerprint density at radius 1 is 1.24 bits per heavy atom. The van der Waals surface area contributed by atoms with Crippen LogP contribution in [-0.4, -0.2) is 21.8 Å². The van der Waals surface area contributed by atoms with Crippen molar-refractivity contribution in [2.75, 3.05) is 12.4 Å². The third-order valence-corrected chi connectivity index (χ3v) is 2.96. The molecule has 1 aromatic carbocycles. The van der Waals surface area contributed by atoms with Crippen LogP contribution < -0.4 is 5.32 Å². The number of hydrogen-bond acceptors (Lipinski definition) is 3. The third kappa shape index (κ3) is 2.64. The first-order valence-electron chi connectivity index (χ1n) is 5.83. The monoisotopic (exact) mass is 230 g/mol. The summed E-state index contributed by atoms with van der Waals surface area (Å²) in [7, 11) is 3.77. The normalized spacial score (nSPS) is 10.5. The Bertz CT molecular complexity index is 502. The van der Waals surface area contributed by atoms with Gasteiger partial charge >= 0.3 is 0 Å². The lowest BCUT2D eigenvalue weighted by Gasteiger charge is -2.04. The number of nitrogens with one attached hydrogen (secondary N) is 1. The fourth-order valence-electron chi connectivity index (χ4n) is 1.88. The highest BCUT2D eigenvalue weighted by Crippen LogP contribution is 2.11. The zero-order valence-corrected chi connectivity index (χ0v) is 10.6. The SMILES string of the molecule is CNc1nc(CCc2ccccc2C)n(C)n1. The summed E-state index contributed by atoms with van der Waals surface area (Å²) >= 11 is 0. The predicted octanol–water partition coefficient (Wildman–Crippen LogP) is 1.95. The molecule has 1 heterocycles. The molecule has 17 heavy (non-hydrogen) atoms. The molecular weight excluding hydrogens is 212 g/mol. The Morgan fingerprint density at radius 3 is 2.65 bits per heavy atom. The van der Waals surface area contributed by atoms with E-state index in [-0.39, 0.29) is 0 Å². The minimum atomic E-state index is 0.687. The summed E-state index contributed by atoms with van der Waals surface area (Å²) < 4.78 is 1.84. The summed E-state index contributed by atoms with van der Waals surface area (Å²) in [6, 6.07) is 8.47. The van der Waals surface area contributed by atoms with Crippen LogP contribution in [0.4, 0.5) is 5.95 Å². The molecule has 90 valence electrons. The largest absolute Gasteiger partial charge is 0.356 e. The smallest absolute Gasteiger partial charge is 0.242 e. The van der Waals surface area contributed by atoms with Gasteiger partial charge in [0.1, 0.15) is 5.82 Å². The number of anilines is 1. The van der Waals surface area contributed by atoms with Crippen LogP contribution in [0.3, 0.4) is 0 Å². The van der Waals surface area contributed by atoms with Crippen molar-refractivity contribution in [3.05, 3.63) is 41.2 Å². The van der Waals surface area contributed by atoms with E-state index < -0.39 is 0 Å². The maximum atomic E-state index is 4.41. The minimum absolute atomic E-state index is 0.687. The Morgan fingerprint density at radius 2 is 2.00 bits per heavy atom. The molecule has 4 nitrogen and oxygen atoms in total. The second-order valence-corrected chi connectivity index (χ2v) is 4.15. The van der Waals surface area contributed by atoms with Crippen molar-refractivity contribution in [2.45, 2.75) is 19.8 Å². The molecule has 0 aliphatic rings. The standard InChI is InChI=1S/C13H18N4/c1-10-6-4-5-7-11(10)8-9-12-15-13(14-2)16-17(12)3/h4-7H,8-9H2,1-3H3,(H,14,16). The van der Waals surface area contributed by atoms with Crippen molar-refractivity contribution in [3.8, 4) is 0 Å². The topological polar surface area (TPSA) is 42.7 Å². The molecule has 0 bridgehead atoms. The first-order chi connectivity index (χ1) is 8.20. The molecule has 1 N–H and O–H groups in total. The van der Waals surface area contributed by atoms with E-state index >= 15 is 0 Å². The van der Waals surface area contributed by atoms with E-state index in [9.17, 15) is 0 Å². The van der Waals surface area contributed by atoms with Gasteiger partial charge in [0.2, 0.25) is 5.95 Å². The van der Waals surface area contributed by atoms with Crippen LogP contribution in [-0.2, 0) is 19.9 Å². The van der Waals surface area contributed by atoms with Crippen molar-refractivity contribution in [1.82, 2.24) is 14.8 Å². The molecule has 0 spiro atoms. The summed E-state index contributed by atoms with van der Waals surface area (Å²) in [6.45, 7) is 2.14. The number of aryl methyl sites for hydroxylation is 4. The van der Waals surface area contributed by atoms with Crippen LogP contribution in [0.15, 0.2) is 24.3 Å². The molecule has 0 amide bonds. The highest BCUT2D eigenvalue weighted by molar-refractivity contribution is 5.27. The van der Waals surface area contributed by atoms with Crippen molar-refractivity contribution in [1.29, 1.82) is 0 Å². The van der Waals surface area contributed by atoms with Crippen LogP contribution in [0.2, 0.25) is 0 Å². The lowest BCUT2D eigenvalue weighted by atomic mass is 10.0. The first-order valence-corrected chi connectivity index (χ1v) is 5.83. The fourth-order valence-corrected chi connectivity index (χ4v) is 1.88. The summed E-state index contributed by atoms with van der Waals surface area (Å²) in [4.78, 5) is 4.41. The van der Waals surface area contributed by atoms with E-state index in [2.05, 4.69) is 46.6 Å². The molecule has 2 rings (SSSR count). The molecule has 0 unspecified atom stereocenters. The molecule has 0 aliphatic carbocycles. The van der Waals surface area contributed by atoms with E-state index in [4.69, 9.17) is 0 Å². The second kappa shape index (κ2) is 4.99. The Kier molecular flexibility index (Phi) is 3.42. The van der Waals surface area contributed by atoms with Crippen molar-refractivity contribution >= 4 is 5.95 Å². The quantitative estimate of drug-likeness (QED) is 0.873. The van der Waals surface area contributed by atoms with Gasteiger partial charge < -0.3 is 5.32 Å². The van der Waals surface area contributed by atoms with Crippen molar-refractivity contribution in [2.24, 2.45) is 7.05 Å². The lowest BCUT2D eigenvalue weighted by Crippen LogP contribution is -2.02. The van der Waals surface area contributed by atoms with Crippen LogP contribution in [0.1, 0.15) is 17.0 Å². The van der Waals surface area contributed by atoms with E-state index in [1.165, 1.54) is 11.1 Å². The highest BCUT2D eigenvalue weighted by atomic mass is 15.4. The molecule has 0 aliphatic heterocycles. The maximum absolute atomic E-state index is 4.41. The molecule has 4 heteroatoms. The number of benzene rings is 1. The molecule has 0 atom stereocenters. The second-order valence-electron chi connectivity index (χ2n) is 4.15. The van der Waals surface area contributed by atoms with Gasteiger partial charge in [-0.05, 0) is 24.5 Å². The van der Waals surface area contributed by atoms with Gasteiger partial charge in [-0.25, -0.2) is 0 Å². The van der Waals surface area contributed by atoms with Crippen LogP contribution in [0.25, 0.3) is 0 Å². The van der Waals surface area contributed by atoms with E-state index in [0.29, 0.717) is 5.95 Å². The van der Waals surface area contributed by atoms with Gasteiger partial charge in [0.25, 0.3) is 0 Å². The highest BCUT2D eigenvalue weighted by Gasteiger charge is 2.06. The minimum Gasteiger partial charge on any atom is -0.356 e. The van der Waals surface area contributed by atoms with Gasteiger partial charge in [0.15, 0.2) is 0 Å². The molecule has 0 saturated carbocycles. The third-order valence-electron chi connectivity index (χ3n) is 2.96. The predicted molar refractivity (Wildman–Crippen MR) is 69.1 cm³/mol. The Hall–Kier alpha value is -1.84. The van der Waals surface area contributed by atoms with E-state index in [1.807, 2.05) is 18.8 Å². The number of hydrogen-bond donors (Lipinski definition) is 1. The average molecular weight is 230 g/mol. The molecule has 2 aromatic rings. The van der Waals surface area contributed by atoms with Crippen LogP contribution in [0.5, 0.6) is 0 Å². The summed E-state index contributed by atoms with van der Waals surface area (Å²) in [6.07, 6.45) is 1.92. The van der Waals surface area contributed by atoms with Gasteiger partial charge in [-0.1, -0.05) is 24.3 Å². The first kappa shape index (κ1) is 11.6. The Balaban J connectivity index is 2.07. The van der Waals surface area contributed by atoms with Gasteiger partial charge in [-0.2, -0.15) is 4.98 Å². The van der Waals surface area contributed by atoms with E-state index in [1.54, 1.807) is 0 Å². The number of aromatic nitrogens is 3. The van der Waals surface area contributed by atoms with Gasteiger partial charge in [0, 0.05) is 20.5 Å². The summed E-state index contributed by atoms with van der Waals surface area (Å²) in [5.74, 6) is 1.70. The van der Waals surface area contributed by atoms with Crippen LogP contribution in [0, 0.1) is 6.92 Å². The van der Waals surface area contributed by atoms with Gasteiger partial charge in [-0.3, -0.25) is 4.68 Å². The molecule has 0 fully saturated rings. The molecule has 0 radical (unpaired) electrons. The number of rotatable bonds is 4. The number of nitrogens with zero attached hydrogens (tertiary/aromatic N) is 3. The van der Waals surface area contributed by atoms with Crippen LogP contribution >= 0.6 is 0 Å². The summed E-state index contributed by atoms with van der Waals surface area (Å²) in [5.41, 5.74) is 2.71. The fraction of sp³-hybridized carbons (Fsp3) is 0.385. The average Bonchev–Trinajstić information content (AvgIpc) is 2.69.